The van der Waals surface area contributed by atoms with E-state index >= 15 is 0 Å². The molecule has 2 rings (SSSR count). The van der Waals surface area contributed by atoms with Gasteiger partial charge in [0.15, 0.2) is 0 Å². The maximum Gasteiger partial charge on any atom is 0.245 e. The smallest absolute Gasteiger partial charge is 0.245 e. The predicted octanol–water partition coefficient (Wildman–Crippen LogP) is 1.43. The number of rotatable bonds is 4. The van der Waals surface area contributed by atoms with Crippen LogP contribution in [0.3, 0.4) is 0 Å². The lowest BCUT2D eigenvalue weighted by Crippen LogP contribution is -2.27. The monoisotopic (exact) mass is 294 g/mol. The number of aromatic nitrogens is 2. The van der Waals surface area contributed by atoms with E-state index in [1.807, 2.05) is 13.8 Å². The molecule has 3 N–H and O–H groups in total. The highest BCUT2D eigenvalue weighted by Gasteiger charge is 2.24. The summed E-state index contributed by atoms with van der Waals surface area (Å²) in [6.07, 6.45) is 3.26. The number of hydrogen-bond acceptors (Lipinski definition) is 4. The van der Waals surface area contributed by atoms with Gasteiger partial charge in [-0.15, -0.1) is 0 Å². The number of nitrogens with two attached hydrogens (primary N) is 1. The van der Waals surface area contributed by atoms with Crippen molar-refractivity contribution in [2.24, 2.45) is 0 Å². The summed E-state index contributed by atoms with van der Waals surface area (Å²) < 4.78 is 26.4. The van der Waals surface area contributed by atoms with Gasteiger partial charge < -0.3 is 5.73 Å². The lowest BCUT2D eigenvalue weighted by molar-refractivity contribution is 0.467. The van der Waals surface area contributed by atoms with Gasteiger partial charge in [-0.3, -0.25) is 5.10 Å². The SMILES string of the molecule is Cc1cc(N)c(S(=O)(=O)N(C)Cc2cn[nH]c2)cc1C. The molecule has 0 saturated carbocycles. The Morgan fingerprint density at radius 3 is 2.55 bits per heavy atom. The Balaban J connectivity index is 2.37. The first-order valence-corrected chi connectivity index (χ1v) is 7.57. The zero-order valence-electron chi connectivity index (χ0n) is 11.7. The normalized spacial score (nSPS) is 12.0. The Morgan fingerprint density at radius 2 is 1.95 bits per heavy atom. The van der Waals surface area contributed by atoms with Crippen molar-refractivity contribution in [3.63, 3.8) is 0 Å². The molecule has 6 nitrogen and oxygen atoms in total. The number of aromatic amines is 1. The summed E-state index contributed by atoms with van der Waals surface area (Å²) in [5.41, 5.74) is 8.79. The number of nitrogen functional groups attached to an aromatic ring is 1. The van der Waals surface area contributed by atoms with Crippen LogP contribution in [-0.4, -0.2) is 30.0 Å². The second-order valence-electron chi connectivity index (χ2n) is 4.84. The minimum atomic E-state index is -3.62. The fourth-order valence-corrected chi connectivity index (χ4v) is 3.25. The first-order valence-electron chi connectivity index (χ1n) is 6.13. The van der Waals surface area contributed by atoms with Gasteiger partial charge >= 0.3 is 0 Å². The van der Waals surface area contributed by atoms with Gasteiger partial charge in [0.05, 0.1) is 11.9 Å². The Bertz CT molecular complexity index is 708. The minimum absolute atomic E-state index is 0.145. The third kappa shape index (κ3) is 2.68. The van der Waals surface area contributed by atoms with E-state index in [1.165, 1.54) is 11.4 Å². The van der Waals surface area contributed by atoms with E-state index in [0.29, 0.717) is 0 Å². The lowest BCUT2D eigenvalue weighted by atomic mass is 10.1. The Morgan fingerprint density at radius 1 is 1.30 bits per heavy atom. The molecular weight excluding hydrogens is 276 g/mol. The minimum Gasteiger partial charge on any atom is -0.398 e. The number of sulfonamides is 1. The van der Waals surface area contributed by atoms with Crippen molar-refractivity contribution in [2.45, 2.75) is 25.3 Å². The van der Waals surface area contributed by atoms with E-state index in [-0.39, 0.29) is 17.1 Å². The van der Waals surface area contributed by atoms with Crippen LogP contribution in [0.2, 0.25) is 0 Å². The van der Waals surface area contributed by atoms with Crippen LogP contribution in [0.1, 0.15) is 16.7 Å². The summed E-state index contributed by atoms with van der Waals surface area (Å²) in [5, 5.41) is 6.46. The summed E-state index contributed by atoms with van der Waals surface area (Å²) >= 11 is 0. The summed E-state index contributed by atoms with van der Waals surface area (Å²) in [4.78, 5) is 0.145. The summed E-state index contributed by atoms with van der Waals surface area (Å²) in [6, 6.07) is 3.31. The van der Waals surface area contributed by atoms with Gasteiger partial charge in [0.2, 0.25) is 10.0 Å². The van der Waals surface area contributed by atoms with Crippen molar-refractivity contribution < 1.29 is 8.42 Å². The molecule has 0 fully saturated rings. The van der Waals surface area contributed by atoms with Crippen molar-refractivity contribution >= 4 is 15.7 Å². The van der Waals surface area contributed by atoms with Crippen LogP contribution >= 0.6 is 0 Å². The van der Waals surface area contributed by atoms with Gasteiger partial charge in [-0.25, -0.2) is 8.42 Å². The number of benzene rings is 1. The molecule has 0 unspecified atom stereocenters. The molecule has 0 aliphatic heterocycles. The maximum absolute atomic E-state index is 12.6. The van der Waals surface area contributed by atoms with E-state index in [2.05, 4.69) is 10.2 Å². The van der Waals surface area contributed by atoms with E-state index in [0.717, 1.165) is 16.7 Å². The number of nitrogens with zero attached hydrogens (tertiary/aromatic N) is 2. The van der Waals surface area contributed by atoms with Crippen LogP contribution in [0.15, 0.2) is 29.4 Å². The summed E-state index contributed by atoms with van der Waals surface area (Å²) in [7, 11) is -2.09. The maximum atomic E-state index is 12.6. The third-order valence-corrected chi connectivity index (χ3v) is 5.13. The molecule has 0 atom stereocenters. The molecule has 0 aliphatic rings. The van der Waals surface area contributed by atoms with Gasteiger partial charge in [-0.05, 0) is 37.1 Å². The number of aryl methyl sites for hydroxylation is 2. The first-order chi connectivity index (χ1) is 9.32. The molecule has 108 valence electrons. The third-order valence-electron chi connectivity index (χ3n) is 3.27. The van der Waals surface area contributed by atoms with Crippen LogP contribution < -0.4 is 5.73 Å². The highest BCUT2D eigenvalue weighted by atomic mass is 32.2. The van der Waals surface area contributed by atoms with Crippen LogP contribution in [0, 0.1) is 13.8 Å². The number of hydrogen-bond donors (Lipinski definition) is 2. The molecule has 0 radical (unpaired) electrons. The second-order valence-corrected chi connectivity index (χ2v) is 6.86. The van der Waals surface area contributed by atoms with Crippen molar-refractivity contribution in [2.75, 3.05) is 12.8 Å². The topological polar surface area (TPSA) is 92.1 Å². The van der Waals surface area contributed by atoms with Gasteiger partial charge in [0.25, 0.3) is 0 Å². The van der Waals surface area contributed by atoms with E-state index < -0.39 is 10.0 Å². The van der Waals surface area contributed by atoms with E-state index in [4.69, 9.17) is 5.73 Å². The molecule has 0 amide bonds. The molecule has 1 heterocycles. The standard InChI is InChI=1S/C13H18N4O2S/c1-9-4-12(14)13(5-10(9)2)20(18,19)17(3)8-11-6-15-16-7-11/h4-7H,8,14H2,1-3H3,(H,15,16). The molecule has 1 aromatic carbocycles. The Hall–Kier alpha value is -1.86. The highest BCUT2D eigenvalue weighted by molar-refractivity contribution is 7.89. The zero-order chi connectivity index (χ0) is 14.9. The first kappa shape index (κ1) is 14.5. The van der Waals surface area contributed by atoms with Crippen molar-refractivity contribution in [3.05, 3.63) is 41.2 Å². The fourth-order valence-electron chi connectivity index (χ4n) is 1.91. The molecule has 1 aromatic heterocycles. The molecule has 0 aliphatic carbocycles. The predicted molar refractivity (Wildman–Crippen MR) is 77.6 cm³/mol. The number of nitrogens with one attached hydrogen (secondary N) is 1. The average molecular weight is 294 g/mol. The summed E-state index contributed by atoms with van der Waals surface area (Å²) in [5.74, 6) is 0. The highest BCUT2D eigenvalue weighted by Crippen LogP contribution is 2.25. The van der Waals surface area contributed by atoms with Crippen LogP contribution in [0.4, 0.5) is 5.69 Å². The van der Waals surface area contributed by atoms with Crippen LogP contribution in [0.5, 0.6) is 0 Å². The van der Waals surface area contributed by atoms with Gasteiger partial charge in [-0.2, -0.15) is 9.40 Å². The molecule has 20 heavy (non-hydrogen) atoms. The fraction of sp³-hybridized carbons (Fsp3) is 0.308. The number of H-pyrrole nitrogens is 1. The second kappa shape index (κ2) is 5.26. The van der Waals surface area contributed by atoms with E-state index in [1.54, 1.807) is 24.5 Å². The molecular formula is C13H18N4O2S. The Kier molecular flexibility index (Phi) is 3.82. The van der Waals surface area contributed by atoms with Gasteiger partial charge in [-0.1, -0.05) is 0 Å². The molecule has 0 bridgehead atoms. The average Bonchev–Trinajstić information content (AvgIpc) is 2.86. The van der Waals surface area contributed by atoms with E-state index in [9.17, 15) is 8.42 Å². The van der Waals surface area contributed by atoms with Crippen molar-refractivity contribution in [3.8, 4) is 0 Å². The molecule has 2 aromatic rings. The van der Waals surface area contributed by atoms with Gasteiger partial charge in [0.1, 0.15) is 4.90 Å². The molecule has 7 heteroatoms. The quantitative estimate of drug-likeness (QED) is 0.834. The lowest BCUT2D eigenvalue weighted by Gasteiger charge is -2.18. The Labute approximate surface area is 118 Å². The number of anilines is 1. The van der Waals surface area contributed by atoms with Gasteiger partial charge in [0, 0.05) is 25.4 Å². The van der Waals surface area contributed by atoms with Crippen LogP contribution in [-0.2, 0) is 16.6 Å². The molecule has 0 saturated heterocycles. The summed E-state index contributed by atoms with van der Waals surface area (Å²) in [6.45, 7) is 4.01. The van der Waals surface area contributed by atoms with Crippen molar-refractivity contribution in [1.29, 1.82) is 0 Å². The molecule has 0 spiro atoms. The van der Waals surface area contributed by atoms with Crippen LogP contribution in [0.25, 0.3) is 0 Å². The zero-order valence-corrected chi connectivity index (χ0v) is 12.5. The van der Waals surface area contributed by atoms with Crippen molar-refractivity contribution in [1.82, 2.24) is 14.5 Å². The largest absolute Gasteiger partial charge is 0.398 e.